The van der Waals surface area contributed by atoms with Crippen molar-refractivity contribution in [1.82, 2.24) is 4.57 Å². The number of carboxylic acid groups (broad SMARTS) is 2. The van der Waals surface area contributed by atoms with Crippen LogP contribution in [-0.2, 0) is 11.3 Å². The zero-order valence-corrected chi connectivity index (χ0v) is 14.5. The molecule has 0 aliphatic heterocycles. The van der Waals surface area contributed by atoms with Crippen LogP contribution in [0.4, 0.5) is 23.2 Å². The van der Waals surface area contributed by atoms with Crippen molar-refractivity contribution in [3.05, 3.63) is 39.9 Å². The Hall–Kier alpha value is -3.15. The summed E-state index contributed by atoms with van der Waals surface area (Å²) >= 11 is 0. The van der Waals surface area contributed by atoms with Crippen molar-refractivity contribution in [2.24, 2.45) is 5.73 Å². The molecule has 28 heavy (non-hydrogen) atoms. The summed E-state index contributed by atoms with van der Waals surface area (Å²) in [5.41, 5.74) is 4.79. The van der Waals surface area contributed by atoms with Crippen molar-refractivity contribution in [2.75, 3.05) is 18.4 Å². The molecular formula is C16H17F4N3O5. The minimum absolute atomic E-state index is 0.0326. The van der Waals surface area contributed by atoms with Gasteiger partial charge in [0.15, 0.2) is 0 Å². The normalized spacial score (nSPS) is 10.9. The molecule has 0 spiro atoms. The first kappa shape index (κ1) is 22.9. The molecule has 0 fully saturated rings. The predicted molar refractivity (Wildman–Crippen MR) is 92.0 cm³/mol. The second-order valence-electron chi connectivity index (χ2n) is 5.30. The van der Waals surface area contributed by atoms with Gasteiger partial charge in [-0.15, -0.1) is 0 Å². The van der Waals surface area contributed by atoms with Crippen LogP contribution in [0.3, 0.4) is 0 Å². The molecule has 0 bridgehead atoms. The lowest BCUT2D eigenvalue weighted by Crippen LogP contribution is -2.21. The first-order chi connectivity index (χ1) is 12.9. The van der Waals surface area contributed by atoms with Gasteiger partial charge in [0.1, 0.15) is 11.4 Å². The summed E-state index contributed by atoms with van der Waals surface area (Å²) in [5, 5.41) is 19.2. The van der Waals surface area contributed by atoms with Crippen LogP contribution < -0.4 is 16.5 Å². The monoisotopic (exact) mass is 407 g/mol. The number of fused-ring (bicyclic) bond motifs is 1. The zero-order valence-electron chi connectivity index (χ0n) is 14.5. The number of nitrogens with one attached hydrogen (secondary N) is 1. The lowest BCUT2D eigenvalue weighted by Gasteiger charge is -2.14. The Bertz CT molecular complexity index is 940. The van der Waals surface area contributed by atoms with Gasteiger partial charge in [0, 0.05) is 31.5 Å². The topological polar surface area (TPSA) is 135 Å². The van der Waals surface area contributed by atoms with Crippen LogP contribution in [0.25, 0.3) is 10.9 Å². The number of aliphatic carboxylic acids is 1. The summed E-state index contributed by atoms with van der Waals surface area (Å²) in [6.07, 6.45) is -3.91. The molecule has 5 N–H and O–H groups in total. The number of anilines is 1. The minimum Gasteiger partial charge on any atom is -0.477 e. The van der Waals surface area contributed by atoms with Gasteiger partial charge in [-0.25, -0.2) is 14.0 Å². The maximum absolute atomic E-state index is 14.1. The van der Waals surface area contributed by atoms with Crippen LogP contribution in [0.15, 0.2) is 23.1 Å². The molecule has 154 valence electrons. The fraction of sp³-hybridized carbons (Fsp3) is 0.312. The van der Waals surface area contributed by atoms with Crippen molar-refractivity contribution < 1.29 is 37.4 Å². The second kappa shape index (κ2) is 9.17. The van der Waals surface area contributed by atoms with E-state index in [-0.39, 0.29) is 16.5 Å². The SMILES string of the molecule is CCn1cc(C(=O)O)c(=O)c2c(NCCN)ccc(F)c21.O=C(O)C(F)(F)F. The maximum Gasteiger partial charge on any atom is 0.490 e. The van der Waals surface area contributed by atoms with Gasteiger partial charge in [-0.2, -0.15) is 13.2 Å². The number of alkyl halides is 3. The van der Waals surface area contributed by atoms with Gasteiger partial charge in [0.05, 0.1) is 10.9 Å². The van der Waals surface area contributed by atoms with E-state index >= 15 is 0 Å². The van der Waals surface area contributed by atoms with E-state index in [0.717, 1.165) is 0 Å². The van der Waals surface area contributed by atoms with Crippen LogP contribution in [-0.4, -0.2) is 46.0 Å². The number of aryl methyl sites for hydroxylation is 1. The van der Waals surface area contributed by atoms with Crippen molar-refractivity contribution in [3.63, 3.8) is 0 Å². The molecule has 0 saturated carbocycles. The number of carboxylic acids is 2. The van der Waals surface area contributed by atoms with E-state index in [9.17, 15) is 27.2 Å². The number of pyridine rings is 1. The van der Waals surface area contributed by atoms with Gasteiger partial charge in [0.25, 0.3) is 0 Å². The number of nitrogens with two attached hydrogens (primary N) is 1. The maximum atomic E-state index is 14.1. The molecule has 12 heteroatoms. The number of benzene rings is 1. The standard InChI is InChI=1S/C14H16FN3O3.C2HF3O2/c1-2-18-7-8(14(20)21)13(19)11-10(17-6-5-16)4-3-9(15)12(11)18;3-2(4,5)1(6)7/h3-4,7,17H,2,5-6,16H2,1H3,(H,20,21);(H,6,7). The van der Waals surface area contributed by atoms with E-state index in [1.807, 2.05) is 0 Å². The number of hydrogen-bond donors (Lipinski definition) is 4. The van der Waals surface area contributed by atoms with Gasteiger partial charge in [-0.05, 0) is 19.1 Å². The van der Waals surface area contributed by atoms with Gasteiger partial charge in [-0.3, -0.25) is 4.79 Å². The number of hydrogen-bond acceptors (Lipinski definition) is 5. The third-order valence-electron chi connectivity index (χ3n) is 3.45. The zero-order chi connectivity index (χ0) is 21.6. The first-order valence-corrected chi connectivity index (χ1v) is 7.78. The number of halogens is 4. The molecule has 0 radical (unpaired) electrons. The fourth-order valence-electron chi connectivity index (χ4n) is 2.25. The van der Waals surface area contributed by atoms with Crippen molar-refractivity contribution in [3.8, 4) is 0 Å². The van der Waals surface area contributed by atoms with E-state index in [4.69, 9.17) is 20.7 Å². The Morgan fingerprint density at radius 2 is 1.82 bits per heavy atom. The number of aromatic nitrogens is 1. The average molecular weight is 407 g/mol. The molecule has 0 atom stereocenters. The molecule has 2 aromatic rings. The molecule has 1 heterocycles. The molecule has 0 unspecified atom stereocenters. The van der Waals surface area contributed by atoms with E-state index in [1.165, 1.54) is 22.9 Å². The third-order valence-corrected chi connectivity index (χ3v) is 3.45. The molecule has 0 aliphatic carbocycles. The van der Waals surface area contributed by atoms with Crippen LogP contribution in [0, 0.1) is 5.82 Å². The number of aromatic carboxylic acids is 1. The Balaban J connectivity index is 0.000000480. The van der Waals surface area contributed by atoms with Gasteiger partial charge in [0.2, 0.25) is 5.43 Å². The van der Waals surface area contributed by atoms with Crippen molar-refractivity contribution in [2.45, 2.75) is 19.6 Å². The Morgan fingerprint density at radius 3 is 2.25 bits per heavy atom. The van der Waals surface area contributed by atoms with Crippen LogP contribution in [0.1, 0.15) is 17.3 Å². The second-order valence-corrected chi connectivity index (χ2v) is 5.30. The predicted octanol–water partition coefficient (Wildman–Crippen LogP) is 1.86. The van der Waals surface area contributed by atoms with E-state index in [0.29, 0.717) is 25.3 Å². The van der Waals surface area contributed by atoms with Crippen LogP contribution in [0.2, 0.25) is 0 Å². The third kappa shape index (κ3) is 5.19. The van der Waals surface area contributed by atoms with Crippen molar-refractivity contribution >= 4 is 28.5 Å². The van der Waals surface area contributed by atoms with Crippen LogP contribution >= 0.6 is 0 Å². The Labute approximate surface area is 155 Å². The van der Waals surface area contributed by atoms with E-state index < -0.39 is 29.4 Å². The largest absolute Gasteiger partial charge is 0.490 e. The van der Waals surface area contributed by atoms with Crippen LogP contribution in [0.5, 0.6) is 0 Å². The quantitative estimate of drug-likeness (QED) is 0.556. The summed E-state index contributed by atoms with van der Waals surface area (Å²) < 4.78 is 47.2. The highest BCUT2D eigenvalue weighted by Gasteiger charge is 2.38. The molecule has 1 aromatic carbocycles. The lowest BCUT2D eigenvalue weighted by atomic mass is 10.1. The van der Waals surface area contributed by atoms with E-state index in [2.05, 4.69) is 5.32 Å². The summed E-state index contributed by atoms with van der Waals surface area (Å²) in [5.74, 6) is -4.66. The highest BCUT2D eigenvalue weighted by Crippen LogP contribution is 2.24. The molecule has 2 rings (SSSR count). The molecule has 0 saturated heterocycles. The smallest absolute Gasteiger partial charge is 0.477 e. The van der Waals surface area contributed by atoms with E-state index in [1.54, 1.807) is 6.92 Å². The fourth-order valence-corrected chi connectivity index (χ4v) is 2.25. The molecular weight excluding hydrogens is 390 g/mol. The van der Waals surface area contributed by atoms with Gasteiger partial charge >= 0.3 is 18.1 Å². The minimum atomic E-state index is -5.08. The van der Waals surface area contributed by atoms with Gasteiger partial charge < -0.3 is 25.8 Å². The number of nitrogens with zero attached hydrogens (tertiary/aromatic N) is 1. The molecule has 0 amide bonds. The lowest BCUT2D eigenvalue weighted by molar-refractivity contribution is -0.192. The first-order valence-electron chi connectivity index (χ1n) is 7.78. The Kier molecular flexibility index (Phi) is 7.50. The van der Waals surface area contributed by atoms with Crippen molar-refractivity contribution in [1.29, 1.82) is 0 Å². The summed E-state index contributed by atoms with van der Waals surface area (Å²) in [7, 11) is 0. The van der Waals surface area contributed by atoms with Gasteiger partial charge in [-0.1, -0.05) is 0 Å². The highest BCUT2D eigenvalue weighted by molar-refractivity contribution is 5.98. The summed E-state index contributed by atoms with van der Waals surface area (Å²) in [4.78, 5) is 32.4. The number of carbonyl (C=O) groups is 2. The summed E-state index contributed by atoms with van der Waals surface area (Å²) in [6, 6.07) is 2.66. The average Bonchev–Trinajstić information content (AvgIpc) is 2.61. The summed E-state index contributed by atoms with van der Waals surface area (Å²) in [6.45, 7) is 2.81. The molecule has 0 aliphatic rings. The molecule has 8 nitrogen and oxygen atoms in total. The number of rotatable bonds is 5. The Morgan fingerprint density at radius 1 is 1.25 bits per heavy atom. The molecule has 1 aromatic heterocycles. The highest BCUT2D eigenvalue weighted by atomic mass is 19.4.